The van der Waals surface area contributed by atoms with Crippen molar-refractivity contribution in [3.05, 3.63) is 44.8 Å². The summed E-state index contributed by atoms with van der Waals surface area (Å²) in [5.41, 5.74) is 1.96. The Bertz CT molecular complexity index is 670. The van der Waals surface area contributed by atoms with Crippen molar-refractivity contribution < 1.29 is 13.6 Å². The third-order valence-electron chi connectivity index (χ3n) is 2.79. The Morgan fingerprint density at radius 3 is 2.60 bits per heavy atom. The van der Waals surface area contributed by atoms with Crippen molar-refractivity contribution in [1.29, 1.82) is 0 Å². The number of anilines is 1. The minimum atomic E-state index is -0.997. The van der Waals surface area contributed by atoms with E-state index < -0.39 is 11.6 Å². The standard InChI is InChI=1S/C13H12F2IN3O/c1-7-13(16)8(2)19(18-7)6-12(20)17-9-3-4-10(14)11(15)5-9/h3-5H,6H2,1-2H3,(H,17,20). The van der Waals surface area contributed by atoms with Gasteiger partial charge in [-0.2, -0.15) is 5.10 Å². The van der Waals surface area contributed by atoms with E-state index in [1.165, 1.54) is 6.07 Å². The van der Waals surface area contributed by atoms with Gasteiger partial charge in [-0.15, -0.1) is 0 Å². The van der Waals surface area contributed by atoms with Crippen molar-refractivity contribution in [2.24, 2.45) is 0 Å². The second-order valence-electron chi connectivity index (χ2n) is 4.32. The molecule has 0 bridgehead atoms. The molecule has 7 heteroatoms. The topological polar surface area (TPSA) is 46.9 Å². The molecule has 0 fully saturated rings. The fraction of sp³-hybridized carbons (Fsp3) is 0.231. The second kappa shape index (κ2) is 5.86. The molecule has 1 amide bonds. The monoisotopic (exact) mass is 391 g/mol. The van der Waals surface area contributed by atoms with Gasteiger partial charge in [0.2, 0.25) is 5.91 Å². The van der Waals surface area contributed by atoms with E-state index in [-0.39, 0.29) is 18.1 Å². The van der Waals surface area contributed by atoms with Gasteiger partial charge in [0.15, 0.2) is 11.6 Å². The number of hydrogen-bond acceptors (Lipinski definition) is 2. The Morgan fingerprint density at radius 2 is 2.05 bits per heavy atom. The smallest absolute Gasteiger partial charge is 0.246 e. The van der Waals surface area contributed by atoms with Gasteiger partial charge in [-0.05, 0) is 48.6 Å². The fourth-order valence-corrected chi connectivity index (χ4v) is 2.13. The van der Waals surface area contributed by atoms with Gasteiger partial charge in [0.05, 0.1) is 9.26 Å². The van der Waals surface area contributed by atoms with Crippen LogP contribution in [0.15, 0.2) is 18.2 Å². The van der Waals surface area contributed by atoms with Crippen molar-refractivity contribution in [2.45, 2.75) is 20.4 Å². The van der Waals surface area contributed by atoms with E-state index in [0.29, 0.717) is 0 Å². The molecule has 0 saturated heterocycles. The lowest BCUT2D eigenvalue weighted by atomic mass is 10.3. The van der Waals surface area contributed by atoms with Crippen LogP contribution in [0.1, 0.15) is 11.4 Å². The number of carbonyl (C=O) groups excluding carboxylic acids is 1. The number of nitrogens with one attached hydrogen (secondary N) is 1. The number of halogens is 3. The van der Waals surface area contributed by atoms with E-state index in [2.05, 4.69) is 33.0 Å². The molecule has 1 aromatic carbocycles. The maximum atomic E-state index is 13.0. The molecular formula is C13H12F2IN3O. The first kappa shape index (κ1) is 14.9. The number of aromatic nitrogens is 2. The van der Waals surface area contributed by atoms with Crippen LogP contribution in [0.25, 0.3) is 0 Å². The first-order valence-electron chi connectivity index (χ1n) is 5.83. The SMILES string of the molecule is Cc1nn(CC(=O)Nc2ccc(F)c(F)c2)c(C)c1I. The van der Waals surface area contributed by atoms with Gasteiger partial charge in [0, 0.05) is 17.4 Å². The van der Waals surface area contributed by atoms with Crippen molar-refractivity contribution >= 4 is 34.2 Å². The first-order chi connectivity index (χ1) is 9.38. The molecule has 20 heavy (non-hydrogen) atoms. The minimum absolute atomic E-state index is 0.0225. The Labute approximate surface area is 128 Å². The Hall–Kier alpha value is -1.51. The van der Waals surface area contributed by atoms with Gasteiger partial charge in [0.1, 0.15) is 6.54 Å². The molecule has 0 spiro atoms. The van der Waals surface area contributed by atoms with Crippen molar-refractivity contribution in [1.82, 2.24) is 9.78 Å². The van der Waals surface area contributed by atoms with Gasteiger partial charge < -0.3 is 5.32 Å². The quantitative estimate of drug-likeness (QED) is 0.818. The van der Waals surface area contributed by atoms with E-state index >= 15 is 0 Å². The van der Waals surface area contributed by atoms with Crippen LogP contribution in [0, 0.1) is 29.1 Å². The lowest BCUT2D eigenvalue weighted by Crippen LogP contribution is -2.20. The molecule has 0 unspecified atom stereocenters. The molecule has 1 N–H and O–H groups in total. The number of nitrogens with zero attached hydrogens (tertiary/aromatic N) is 2. The predicted octanol–water partition coefficient (Wildman–Crippen LogP) is 3.02. The van der Waals surface area contributed by atoms with Crippen LogP contribution < -0.4 is 5.32 Å². The van der Waals surface area contributed by atoms with Crippen molar-refractivity contribution in [3.8, 4) is 0 Å². The molecule has 0 aliphatic carbocycles. The number of rotatable bonds is 3. The molecule has 106 valence electrons. The van der Waals surface area contributed by atoms with Gasteiger partial charge in [-0.1, -0.05) is 0 Å². The van der Waals surface area contributed by atoms with Crippen LogP contribution in [0.4, 0.5) is 14.5 Å². The summed E-state index contributed by atoms with van der Waals surface area (Å²) in [7, 11) is 0. The second-order valence-corrected chi connectivity index (χ2v) is 5.40. The Balaban J connectivity index is 2.09. The molecule has 0 radical (unpaired) electrons. The highest BCUT2D eigenvalue weighted by Crippen LogP contribution is 2.16. The highest BCUT2D eigenvalue weighted by Gasteiger charge is 2.12. The predicted molar refractivity (Wildman–Crippen MR) is 79.4 cm³/mol. The summed E-state index contributed by atoms with van der Waals surface area (Å²) in [5, 5.41) is 6.74. The number of hydrogen-bond donors (Lipinski definition) is 1. The van der Waals surface area contributed by atoms with Crippen LogP contribution in [0.5, 0.6) is 0 Å². The van der Waals surface area contributed by atoms with Gasteiger partial charge in [-0.25, -0.2) is 8.78 Å². The molecule has 2 aromatic rings. The molecule has 0 aliphatic rings. The minimum Gasteiger partial charge on any atom is -0.324 e. The molecule has 2 rings (SSSR count). The zero-order valence-corrected chi connectivity index (χ0v) is 13.0. The molecular weight excluding hydrogens is 379 g/mol. The highest BCUT2D eigenvalue weighted by molar-refractivity contribution is 14.1. The van der Waals surface area contributed by atoms with Crippen molar-refractivity contribution in [3.63, 3.8) is 0 Å². The summed E-state index contributed by atoms with van der Waals surface area (Å²) in [4.78, 5) is 11.9. The summed E-state index contributed by atoms with van der Waals surface area (Å²) >= 11 is 2.16. The average molecular weight is 391 g/mol. The van der Waals surface area contributed by atoms with Crippen LogP contribution in [0.3, 0.4) is 0 Å². The zero-order chi connectivity index (χ0) is 14.9. The molecule has 0 atom stereocenters. The lowest BCUT2D eigenvalue weighted by Gasteiger charge is -2.07. The Morgan fingerprint density at radius 1 is 1.35 bits per heavy atom. The molecule has 0 aliphatic heterocycles. The van der Waals surface area contributed by atoms with E-state index in [1.54, 1.807) is 4.68 Å². The molecule has 4 nitrogen and oxygen atoms in total. The van der Waals surface area contributed by atoms with Crippen LogP contribution in [0.2, 0.25) is 0 Å². The van der Waals surface area contributed by atoms with Gasteiger partial charge >= 0.3 is 0 Å². The largest absolute Gasteiger partial charge is 0.324 e. The number of carbonyl (C=O) groups is 1. The normalized spacial score (nSPS) is 10.7. The Kier molecular flexibility index (Phi) is 4.36. The number of amides is 1. The average Bonchev–Trinajstić information content (AvgIpc) is 2.61. The molecule has 1 aromatic heterocycles. The third-order valence-corrected chi connectivity index (χ3v) is 4.35. The van der Waals surface area contributed by atoms with Crippen LogP contribution in [-0.2, 0) is 11.3 Å². The van der Waals surface area contributed by atoms with E-state index in [4.69, 9.17) is 0 Å². The van der Waals surface area contributed by atoms with E-state index in [9.17, 15) is 13.6 Å². The molecule has 0 saturated carbocycles. The maximum Gasteiger partial charge on any atom is 0.246 e. The number of benzene rings is 1. The summed E-state index contributed by atoms with van der Waals surface area (Å²) in [6, 6.07) is 3.22. The van der Waals surface area contributed by atoms with Gasteiger partial charge in [0.25, 0.3) is 0 Å². The summed E-state index contributed by atoms with van der Waals surface area (Å²) in [5.74, 6) is -2.29. The lowest BCUT2D eigenvalue weighted by molar-refractivity contribution is -0.116. The summed E-state index contributed by atoms with van der Waals surface area (Å²) < 4.78 is 28.4. The zero-order valence-electron chi connectivity index (χ0n) is 10.9. The third kappa shape index (κ3) is 3.14. The maximum absolute atomic E-state index is 13.0. The van der Waals surface area contributed by atoms with Gasteiger partial charge in [-0.3, -0.25) is 9.48 Å². The van der Waals surface area contributed by atoms with Crippen LogP contribution >= 0.6 is 22.6 Å². The van der Waals surface area contributed by atoms with Crippen LogP contribution in [-0.4, -0.2) is 15.7 Å². The van der Waals surface area contributed by atoms with Crippen molar-refractivity contribution in [2.75, 3.05) is 5.32 Å². The fourth-order valence-electron chi connectivity index (χ4n) is 1.74. The highest BCUT2D eigenvalue weighted by atomic mass is 127. The first-order valence-corrected chi connectivity index (χ1v) is 6.90. The van der Waals surface area contributed by atoms with E-state index in [1.807, 2.05) is 13.8 Å². The summed E-state index contributed by atoms with van der Waals surface area (Å²) in [6.07, 6.45) is 0. The molecule has 1 heterocycles. The van der Waals surface area contributed by atoms with E-state index in [0.717, 1.165) is 27.1 Å². The summed E-state index contributed by atoms with van der Waals surface area (Å²) in [6.45, 7) is 3.75. The number of aryl methyl sites for hydroxylation is 1.